The van der Waals surface area contributed by atoms with Crippen molar-refractivity contribution >= 4 is 12.1 Å². The number of aliphatic imine (C=N–C) groups is 1. The minimum absolute atomic E-state index is 0.0191. The van der Waals surface area contributed by atoms with E-state index in [1.807, 2.05) is 0 Å². The van der Waals surface area contributed by atoms with E-state index >= 15 is 0 Å². The molecular formula is C17H34N4O2. The van der Waals surface area contributed by atoms with Gasteiger partial charge in [0.1, 0.15) is 0 Å². The molecule has 0 aromatic heterocycles. The van der Waals surface area contributed by atoms with Gasteiger partial charge < -0.3 is 21.1 Å². The first kappa shape index (κ1) is 19.6. The molecule has 1 rings (SSSR count). The highest BCUT2D eigenvalue weighted by Gasteiger charge is 2.32. The molecule has 23 heavy (non-hydrogen) atoms. The van der Waals surface area contributed by atoms with E-state index < -0.39 is 0 Å². The van der Waals surface area contributed by atoms with Crippen molar-refractivity contribution < 1.29 is 9.53 Å². The molecule has 1 aliphatic rings. The van der Waals surface area contributed by atoms with Crippen LogP contribution in [-0.4, -0.2) is 37.3 Å². The van der Waals surface area contributed by atoms with Crippen LogP contribution in [0.4, 0.5) is 4.79 Å². The molecule has 1 amide bonds. The molecule has 6 heteroatoms. The molecule has 0 spiro atoms. The van der Waals surface area contributed by atoms with E-state index in [9.17, 15) is 4.79 Å². The van der Waals surface area contributed by atoms with Gasteiger partial charge in [0.25, 0.3) is 0 Å². The molecule has 1 saturated carbocycles. The fourth-order valence-corrected chi connectivity index (χ4v) is 2.53. The highest BCUT2D eigenvalue weighted by Crippen LogP contribution is 2.32. The van der Waals surface area contributed by atoms with E-state index in [0.29, 0.717) is 31.1 Å². The number of nitrogens with two attached hydrogens (primary N) is 1. The molecule has 2 atom stereocenters. The lowest BCUT2D eigenvalue weighted by Gasteiger charge is -2.18. The topological polar surface area (TPSA) is 88.7 Å². The number of carbonyl (C=O) groups is 1. The van der Waals surface area contributed by atoms with Gasteiger partial charge >= 0.3 is 6.09 Å². The second-order valence-corrected chi connectivity index (χ2v) is 6.90. The zero-order valence-corrected chi connectivity index (χ0v) is 15.1. The summed E-state index contributed by atoms with van der Waals surface area (Å²) in [6.07, 6.45) is 5.40. The normalized spacial score (nSPS) is 17.7. The molecule has 1 fully saturated rings. The summed E-state index contributed by atoms with van der Waals surface area (Å²) in [5.74, 6) is 1.69. The Morgan fingerprint density at radius 1 is 1.26 bits per heavy atom. The summed E-state index contributed by atoms with van der Waals surface area (Å²) in [5.41, 5.74) is 5.96. The van der Waals surface area contributed by atoms with Crippen molar-refractivity contribution in [2.45, 2.75) is 71.9 Å². The molecule has 6 nitrogen and oxygen atoms in total. The van der Waals surface area contributed by atoms with E-state index in [0.717, 1.165) is 25.2 Å². The van der Waals surface area contributed by atoms with Crippen molar-refractivity contribution in [3.63, 3.8) is 0 Å². The SMILES string of the molecule is CCOC(=O)NC(CN=C(N)NC(C)CCCC(C)C)C1CC1. The summed E-state index contributed by atoms with van der Waals surface area (Å²) < 4.78 is 4.94. The number of nitrogens with one attached hydrogen (secondary N) is 2. The summed E-state index contributed by atoms with van der Waals surface area (Å²) in [5, 5.41) is 6.11. The Morgan fingerprint density at radius 3 is 2.52 bits per heavy atom. The first-order valence-corrected chi connectivity index (χ1v) is 8.92. The van der Waals surface area contributed by atoms with Crippen molar-refractivity contribution in [1.82, 2.24) is 10.6 Å². The van der Waals surface area contributed by atoms with Crippen molar-refractivity contribution in [3.8, 4) is 0 Å². The summed E-state index contributed by atoms with van der Waals surface area (Å²) in [6.45, 7) is 9.28. The minimum Gasteiger partial charge on any atom is -0.450 e. The Morgan fingerprint density at radius 2 is 1.96 bits per heavy atom. The number of amides is 1. The molecule has 0 heterocycles. The third-order valence-electron chi connectivity index (χ3n) is 4.04. The smallest absolute Gasteiger partial charge is 0.407 e. The van der Waals surface area contributed by atoms with Gasteiger partial charge in [-0.3, -0.25) is 4.99 Å². The molecule has 0 bridgehead atoms. The second-order valence-electron chi connectivity index (χ2n) is 6.90. The van der Waals surface area contributed by atoms with E-state index in [1.54, 1.807) is 6.92 Å². The Balaban J connectivity index is 2.32. The van der Waals surface area contributed by atoms with Crippen LogP contribution in [0.2, 0.25) is 0 Å². The number of hydrogen-bond acceptors (Lipinski definition) is 3. The van der Waals surface area contributed by atoms with Crippen molar-refractivity contribution in [2.75, 3.05) is 13.2 Å². The van der Waals surface area contributed by atoms with Gasteiger partial charge in [0, 0.05) is 6.04 Å². The molecule has 0 saturated heterocycles. The van der Waals surface area contributed by atoms with Gasteiger partial charge in [0.15, 0.2) is 5.96 Å². The number of guanidine groups is 1. The van der Waals surface area contributed by atoms with Crippen molar-refractivity contribution in [3.05, 3.63) is 0 Å². The molecule has 1 aliphatic carbocycles. The van der Waals surface area contributed by atoms with Gasteiger partial charge in [-0.1, -0.05) is 26.7 Å². The summed E-state index contributed by atoms with van der Waals surface area (Å²) in [6, 6.07) is 0.334. The third kappa shape index (κ3) is 9.31. The number of hydrogen-bond donors (Lipinski definition) is 3. The van der Waals surface area contributed by atoms with Crippen LogP contribution in [0.25, 0.3) is 0 Å². The fraction of sp³-hybridized carbons (Fsp3) is 0.882. The molecule has 0 aliphatic heterocycles. The summed E-state index contributed by atoms with van der Waals surface area (Å²) in [7, 11) is 0. The first-order valence-electron chi connectivity index (χ1n) is 8.92. The Kier molecular flexibility index (Phi) is 8.81. The minimum atomic E-state index is -0.367. The lowest BCUT2D eigenvalue weighted by atomic mass is 10.0. The maximum Gasteiger partial charge on any atom is 0.407 e. The Labute approximate surface area is 140 Å². The molecule has 0 aromatic carbocycles. The lowest BCUT2D eigenvalue weighted by Crippen LogP contribution is -2.42. The fourth-order valence-electron chi connectivity index (χ4n) is 2.53. The predicted octanol–water partition coefficient (Wildman–Crippen LogP) is 2.63. The zero-order valence-electron chi connectivity index (χ0n) is 15.1. The highest BCUT2D eigenvalue weighted by atomic mass is 16.5. The maximum absolute atomic E-state index is 11.6. The van der Waals surface area contributed by atoms with Gasteiger partial charge in [-0.2, -0.15) is 0 Å². The number of ether oxygens (including phenoxy) is 1. The Bertz CT molecular complexity index is 381. The highest BCUT2D eigenvalue weighted by molar-refractivity contribution is 5.78. The van der Waals surface area contributed by atoms with Gasteiger partial charge in [0.05, 0.1) is 19.2 Å². The largest absolute Gasteiger partial charge is 0.450 e. The average molecular weight is 326 g/mol. The lowest BCUT2D eigenvalue weighted by molar-refractivity contribution is 0.147. The zero-order chi connectivity index (χ0) is 17.2. The van der Waals surface area contributed by atoms with Gasteiger partial charge in [-0.25, -0.2) is 4.79 Å². The van der Waals surface area contributed by atoms with Gasteiger partial charge in [0.2, 0.25) is 0 Å². The number of alkyl carbamates (subject to hydrolysis) is 1. The van der Waals surface area contributed by atoms with Crippen LogP contribution in [0.15, 0.2) is 4.99 Å². The van der Waals surface area contributed by atoms with Crippen molar-refractivity contribution in [1.29, 1.82) is 0 Å². The summed E-state index contributed by atoms with van der Waals surface area (Å²) >= 11 is 0. The molecule has 0 radical (unpaired) electrons. The van der Waals surface area contributed by atoms with Gasteiger partial charge in [-0.15, -0.1) is 0 Å². The number of rotatable bonds is 10. The van der Waals surface area contributed by atoms with Crippen LogP contribution >= 0.6 is 0 Å². The third-order valence-corrected chi connectivity index (χ3v) is 4.04. The second kappa shape index (κ2) is 10.3. The van der Waals surface area contributed by atoms with Crippen LogP contribution in [0.3, 0.4) is 0 Å². The Hall–Kier alpha value is -1.46. The van der Waals surface area contributed by atoms with Crippen molar-refractivity contribution in [2.24, 2.45) is 22.6 Å². The molecule has 4 N–H and O–H groups in total. The van der Waals surface area contributed by atoms with Crippen LogP contribution < -0.4 is 16.4 Å². The number of nitrogens with zero attached hydrogens (tertiary/aromatic N) is 1. The molecule has 0 aromatic rings. The monoisotopic (exact) mass is 326 g/mol. The quantitative estimate of drug-likeness (QED) is 0.425. The molecular weight excluding hydrogens is 292 g/mol. The molecule has 134 valence electrons. The van der Waals surface area contributed by atoms with Crippen LogP contribution in [0, 0.1) is 11.8 Å². The van der Waals surface area contributed by atoms with E-state index in [1.165, 1.54) is 12.8 Å². The summed E-state index contributed by atoms with van der Waals surface area (Å²) in [4.78, 5) is 15.9. The van der Waals surface area contributed by atoms with Gasteiger partial charge in [-0.05, 0) is 44.9 Å². The maximum atomic E-state index is 11.6. The van der Waals surface area contributed by atoms with E-state index in [4.69, 9.17) is 10.5 Å². The number of carbonyl (C=O) groups excluding carboxylic acids is 1. The van der Waals surface area contributed by atoms with E-state index in [2.05, 4.69) is 36.4 Å². The average Bonchev–Trinajstić information content (AvgIpc) is 3.27. The van der Waals surface area contributed by atoms with Crippen LogP contribution in [0.5, 0.6) is 0 Å². The molecule has 2 unspecified atom stereocenters. The first-order chi connectivity index (χ1) is 10.9. The van der Waals surface area contributed by atoms with Crippen LogP contribution in [-0.2, 0) is 4.74 Å². The standard InChI is InChI=1S/C17H34N4O2/c1-5-23-17(22)21-15(14-9-10-14)11-19-16(18)20-13(4)8-6-7-12(2)3/h12-15H,5-11H2,1-4H3,(H,21,22)(H3,18,19,20). The predicted molar refractivity (Wildman–Crippen MR) is 94.4 cm³/mol. The van der Waals surface area contributed by atoms with Crippen LogP contribution in [0.1, 0.15) is 59.8 Å². The van der Waals surface area contributed by atoms with E-state index in [-0.39, 0.29) is 12.1 Å².